The number of nitrogens with zero attached hydrogens (tertiary/aromatic N) is 3. The quantitative estimate of drug-likeness (QED) is 0.858. The first-order valence-corrected chi connectivity index (χ1v) is 7.84. The van der Waals surface area contributed by atoms with E-state index in [2.05, 4.69) is 27.3 Å². The van der Waals surface area contributed by atoms with Crippen LogP contribution in [0.1, 0.15) is 37.6 Å². The first kappa shape index (κ1) is 14.9. The molecule has 1 atom stereocenters. The molecule has 1 unspecified atom stereocenters. The van der Waals surface area contributed by atoms with Crippen molar-refractivity contribution < 1.29 is 14.0 Å². The zero-order valence-corrected chi connectivity index (χ0v) is 12.6. The largest absolute Gasteiger partial charge is 0.368 e. The van der Waals surface area contributed by atoms with E-state index < -0.39 is 0 Å². The van der Waals surface area contributed by atoms with Crippen LogP contribution in [0.5, 0.6) is 0 Å². The Labute approximate surface area is 125 Å². The molecule has 3 rings (SSSR count). The second kappa shape index (κ2) is 7.31. The van der Waals surface area contributed by atoms with Gasteiger partial charge in [-0.3, -0.25) is 4.90 Å². The van der Waals surface area contributed by atoms with Crippen LogP contribution in [-0.4, -0.2) is 60.5 Å². The average molecular weight is 296 g/mol. The Bertz CT molecular complexity index is 434. The molecule has 0 aliphatic carbocycles. The van der Waals surface area contributed by atoms with Crippen LogP contribution in [0.2, 0.25) is 0 Å². The van der Waals surface area contributed by atoms with E-state index in [4.69, 9.17) is 14.0 Å². The van der Waals surface area contributed by atoms with Crippen molar-refractivity contribution in [2.75, 3.05) is 39.3 Å². The van der Waals surface area contributed by atoms with Crippen molar-refractivity contribution in [3.63, 3.8) is 0 Å². The van der Waals surface area contributed by atoms with Gasteiger partial charge in [0.1, 0.15) is 12.7 Å². The second-order valence-corrected chi connectivity index (χ2v) is 5.56. The number of aromatic nitrogens is 2. The van der Waals surface area contributed by atoms with Crippen molar-refractivity contribution in [2.45, 2.75) is 38.6 Å². The Morgan fingerprint density at radius 3 is 3.05 bits per heavy atom. The molecule has 0 aromatic carbocycles. The standard InChI is InChI=1S/C14H24N4O3/c1-2-18-7-8-19-12(9-18)14-16-13(21-17-14)10-20-11-3-5-15-6-4-11/h11-12,15H,2-10H2,1H3. The molecule has 2 saturated heterocycles. The minimum absolute atomic E-state index is 0.0879. The number of morpholine rings is 1. The van der Waals surface area contributed by atoms with Gasteiger partial charge in [0.15, 0.2) is 0 Å². The van der Waals surface area contributed by atoms with Gasteiger partial charge in [0, 0.05) is 13.1 Å². The van der Waals surface area contributed by atoms with Crippen LogP contribution in [0, 0.1) is 0 Å². The minimum atomic E-state index is -0.0879. The number of ether oxygens (including phenoxy) is 2. The topological polar surface area (TPSA) is 72.7 Å². The molecule has 2 aliphatic heterocycles. The van der Waals surface area contributed by atoms with Gasteiger partial charge in [-0.1, -0.05) is 12.1 Å². The third kappa shape index (κ3) is 4.00. The molecule has 118 valence electrons. The Morgan fingerprint density at radius 1 is 1.38 bits per heavy atom. The maximum Gasteiger partial charge on any atom is 0.252 e. The van der Waals surface area contributed by atoms with Gasteiger partial charge >= 0.3 is 0 Å². The van der Waals surface area contributed by atoms with Crippen LogP contribution in [0.3, 0.4) is 0 Å². The predicted octanol–water partition coefficient (Wildman–Crippen LogP) is 0.731. The maximum absolute atomic E-state index is 5.82. The van der Waals surface area contributed by atoms with Crippen molar-refractivity contribution in [1.29, 1.82) is 0 Å². The summed E-state index contributed by atoms with van der Waals surface area (Å²) >= 11 is 0. The molecule has 2 aliphatic rings. The number of nitrogens with one attached hydrogen (secondary N) is 1. The van der Waals surface area contributed by atoms with Gasteiger partial charge in [0.25, 0.3) is 5.89 Å². The molecule has 1 aromatic heterocycles. The predicted molar refractivity (Wildman–Crippen MR) is 75.8 cm³/mol. The van der Waals surface area contributed by atoms with Gasteiger partial charge in [-0.2, -0.15) is 4.98 Å². The van der Waals surface area contributed by atoms with Crippen molar-refractivity contribution >= 4 is 0 Å². The highest BCUT2D eigenvalue weighted by Gasteiger charge is 2.25. The van der Waals surface area contributed by atoms with Gasteiger partial charge < -0.3 is 19.3 Å². The van der Waals surface area contributed by atoms with Gasteiger partial charge in [0.05, 0.1) is 12.7 Å². The van der Waals surface area contributed by atoms with Crippen molar-refractivity contribution in [3.05, 3.63) is 11.7 Å². The van der Waals surface area contributed by atoms with Gasteiger partial charge in [-0.05, 0) is 32.5 Å². The fourth-order valence-electron chi connectivity index (χ4n) is 2.75. The molecule has 0 spiro atoms. The van der Waals surface area contributed by atoms with Crippen molar-refractivity contribution in [3.8, 4) is 0 Å². The molecule has 0 amide bonds. The molecule has 21 heavy (non-hydrogen) atoms. The Morgan fingerprint density at radius 2 is 2.24 bits per heavy atom. The van der Waals surface area contributed by atoms with Crippen LogP contribution in [-0.2, 0) is 16.1 Å². The molecule has 1 N–H and O–H groups in total. The van der Waals surface area contributed by atoms with E-state index in [0.29, 0.717) is 31.0 Å². The molecule has 0 radical (unpaired) electrons. The number of hydrogen-bond acceptors (Lipinski definition) is 7. The third-order valence-electron chi connectivity index (χ3n) is 4.10. The zero-order chi connectivity index (χ0) is 14.5. The smallest absolute Gasteiger partial charge is 0.252 e. The summed E-state index contributed by atoms with van der Waals surface area (Å²) in [5.41, 5.74) is 0. The van der Waals surface area contributed by atoms with E-state index in [0.717, 1.165) is 45.6 Å². The van der Waals surface area contributed by atoms with Gasteiger partial charge in [-0.25, -0.2) is 0 Å². The summed E-state index contributed by atoms with van der Waals surface area (Å²) in [6, 6.07) is 0. The number of hydrogen-bond donors (Lipinski definition) is 1. The normalized spacial score (nSPS) is 25.3. The van der Waals surface area contributed by atoms with E-state index in [-0.39, 0.29) is 6.10 Å². The summed E-state index contributed by atoms with van der Waals surface area (Å²) in [7, 11) is 0. The molecule has 7 nitrogen and oxygen atoms in total. The summed E-state index contributed by atoms with van der Waals surface area (Å²) < 4.78 is 16.8. The van der Waals surface area contributed by atoms with Crippen LogP contribution < -0.4 is 5.32 Å². The molecule has 0 bridgehead atoms. The van der Waals surface area contributed by atoms with Gasteiger partial charge in [-0.15, -0.1) is 0 Å². The summed E-state index contributed by atoms with van der Waals surface area (Å²) in [5, 5.41) is 7.36. The molecule has 0 saturated carbocycles. The number of rotatable bonds is 5. The van der Waals surface area contributed by atoms with E-state index in [1.54, 1.807) is 0 Å². The van der Waals surface area contributed by atoms with Crippen molar-refractivity contribution in [1.82, 2.24) is 20.4 Å². The monoisotopic (exact) mass is 296 g/mol. The van der Waals surface area contributed by atoms with E-state index in [1.165, 1.54) is 0 Å². The molecular weight excluding hydrogens is 272 g/mol. The summed E-state index contributed by atoms with van der Waals surface area (Å²) in [6.07, 6.45) is 2.29. The lowest BCUT2D eigenvalue weighted by Crippen LogP contribution is -2.38. The Balaban J connectivity index is 1.50. The lowest BCUT2D eigenvalue weighted by Gasteiger charge is -2.30. The third-order valence-corrected chi connectivity index (χ3v) is 4.10. The van der Waals surface area contributed by atoms with E-state index in [9.17, 15) is 0 Å². The lowest BCUT2D eigenvalue weighted by atomic mass is 10.1. The molecule has 7 heteroatoms. The summed E-state index contributed by atoms with van der Waals surface area (Å²) in [4.78, 5) is 6.75. The summed E-state index contributed by atoms with van der Waals surface area (Å²) in [6.45, 7) is 8.10. The van der Waals surface area contributed by atoms with E-state index in [1.807, 2.05) is 0 Å². The first-order chi connectivity index (χ1) is 10.3. The highest BCUT2D eigenvalue weighted by atomic mass is 16.5. The van der Waals surface area contributed by atoms with Crippen LogP contribution in [0.15, 0.2) is 4.52 Å². The highest BCUT2D eigenvalue weighted by Crippen LogP contribution is 2.20. The Kier molecular flexibility index (Phi) is 5.18. The molecule has 3 heterocycles. The zero-order valence-electron chi connectivity index (χ0n) is 12.6. The first-order valence-electron chi connectivity index (χ1n) is 7.84. The maximum atomic E-state index is 5.82. The second-order valence-electron chi connectivity index (χ2n) is 5.56. The van der Waals surface area contributed by atoms with Crippen LogP contribution in [0.4, 0.5) is 0 Å². The number of piperidine rings is 1. The van der Waals surface area contributed by atoms with Crippen molar-refractivity contribution in [2.24, 2.45) is 0 Å². The Hall–Kier alpha value is -1.02. The van der Waals surface area contributed by atoms with Crippen LogP contribution >= 0.6 is 0 Å². The van der Waals surface area contributed by atoms with E-state index >= 15 is 0 Å². The highest BCUT2D eigenvalue weighted by molar-refractivity contribution is 4.93. The minimum Gasteiger partial charge on any atom is -0.368 e. The fraction of sp³-hybridized carbons (Fsp3) is 0.857. The molecular formula is C14H24N4O3. The SMILES string of the molecule is CCN1CCOC(c2noc(COC3CCNCC3)n2)C1. The fourth-order valence-corrected chi connectivity index (χ4v) is 2.75. The lowest BCUT2D eigenvalue weighted by molar-refractivity contribution is -0.0334. The average Bonchev–Trinajstić information content (AvgIpc) is 3.03. The van der Waals surface area contributed by atoms with Crippen LogP contribution in [0.25, 0.3) is 0 Å². The summed E-state index contributed by atoms with van der Waals surface area (Å²) in [5.74, 6) is 1.18. The number of likely N-dealkylation sites (N-methyl/N-ethyl adjacent to an activating group) is 1. The molecule has 2 fully saturated rings. The molecule has 1 aromatic rings. The van der Waals surface area contributed by atoms with Gasteiger partial charge in [0.2, 0.25) is 5.82 Å².